The molecule has 0 heterocycles. The van der Waals surface area contributed by atoms with Gasteiger partial charge in [0.25, 0.3) is 0 Å². The normalized spacial score (nSPS) is 16.7. The van der Waals surface area contributed by atoms with E-state index in [1.165, 1.54) is 0 Å². The second-order valence-corrected chi connectivity index (χ2v) is 9.67. The minimum atomic E-state index is -1.07. The van der Waals surface area contributed by atoms with Crippen molar-refractivity contribution >= 4 is 18.0 Å². The third-order valence-electron chi connectivity index (χ3n) is 6.84. The molecule has 34 heavy (non-hydrogen) atoms. The molecule has 0 saturated heterocycles. The largest absolute Gasteiger partial charge is 0.480 e. The molecule has 0 aromatic heterocycles. The lowest BCUT2D eigenvalue weighted by Crippen LogP contribution is -2.56. The van der Waals surface area contributed by atoms with Crippen molar-refractivity contribution in [1.29, 1.82) is 0 Å². The second kappa shape index (κ2) is 10.3. The number of fused-ring (bicyclic) bond motifs is 3. The number of carboxylic acid groups (broad SMARTS) is 1. The minimum Gasteiger partial charge on any atom is -0.480 e. The molecule has 1 unspecified atom stereocenters. The standard InChI is InChI=1S/C27H32N2O5/c1-16(2)14-23(26(31)32)28-25(30)24(17-8-7-9-17)29-27(33)34-15-22-20-12-5-3-10-18(20)19-11-4-6-13-21(19)22/h3-6,10-13,16-17,22-24H,7-9,14-15H2,1-2H3,(H,28,30)(H,29,33)(H,31,32)/t23-,24?/m0/s1. The number of hydrogen-bond acceptors (Lipinski definition) is 4. The number of amides is 2. The van der Waals surface area contributed by atoms with Gasteiger partial charge in [-0.05, 0) is 53.4 Å². The first kappa shape index (κ1) is 23.8. The number of aliphatic carboxylic acids is 1. The van der Waals surface area contributed by atoms with E-state index >= 15 is 0 Å². The molecule has 1 saturated carbocycles. The predicted octanol–water partition coefficient (Wildman–Crippen LogP) is 4.31. The molecule has 2 aromatic rings. The summed E-state index contributed by atoms with van der Waals surface area (Å²) in [5.74, 6) is -1.52. The smallest absolute Gasteiger partial charge is 0.407 e. The second-order valence-electron chi connectivity index (χ2n) is 9.67. The van der Waals surface area contributed by atoms with Gasteiger partial charge in [0.2, 0.25) is 5.91 Å². The number of carboxylic acids is 1. The fraction of sp³-hybridized carbons (Fsp3) is 0.444. The molecule has 1 fully saturated rings. The molecule has 0 radical (unpaired) electrons. The van der Waals surface area contributed by atoms with Crippen LogP contribution in [0, 0.1) is 11.8 Å². The summed E-state index contributed by atoms with van der Waals surface area (Å²) in [5, 5.41) is 14.8. The van der Waals surface area contributed by atoms with E-state index in [2.05, 4.69) is 22.8 Å². The van der Waals surface area contributed by atoms with Gasteiger partial charge in [0.05, 0.1) is 0 Å². The lowest BCUT2D eigenvalue weighted by atomic mass is 9.79. The van der Waals surface area contributed by atoms with Crippen molar-refractivity contribution in [2.45, 2.75) is 57.5 Å². The van der Waals surface area contributed by atoms with Crippen LogP contribution in [0.25, 0.3) is 11.1 Å². The average Bonchev–Trinajstić information content (AvgIpc) is 3.09. The van der Waals surface area contributed by atoms with Gasteiger partial charge in [-0.2, -0.15) is 0 Å². The molecular weight excluding hydrogens is 432 g/mol. The number of hydrogen-bond donors (Lipinski definition) is 3. The summed E-state index contributed by atoms with van der Waals surface area (Å²) < 4.78 is 5.61. The van der Waals surface area contributed by atoms with Gasteiger partial charge < -0.3 is 20.5 Å². The first-order chi connectivity index (χ1) is 16.3. The van der Waals surface area contributed by atoms with Gasteiger partial charge >= 0.3 is 12.1 Å². The molecule has 4 rings (SSSR count). The zero-order valence-corrected chi connectivity index (χ0v) is 19.6. The zero-order chi connectivity index (χ0) is 24.2. The van der Waals surface area contributed by atoms with E-state index in [4.69, 9.17) is 4.74 Å². The highest BCUT2D eigenvalue weighted by Gasteiger charge is 2.36. The lowest BCUT2D eigenvalue weighted by molar-refractivity contribution is -0.143. The van der Waals surface area contributed by atoms with Crippen molar-refractivity contribution in [2.24, 2.45) is 11.8 Å². The summed E-state index contributed by atoms with van der Waals surface area (Å²) >= 11 is 0. The highest BCUT2D eigenvalue weighted by atomic mass is 16.5. The average molecular weight is 465 g/mol. The van der Waals surface area contributed by atoms with E-state index in [1.54, 1.807) is 0 Å². The van der Waals surface area contributed by atoms with E-state index in [0.717, 1.165) is 41.5 Å². The Kier molecular flexibility index (Phi) is 7.20. The maximum absolute atomic E-state index is 13.0. The Morgan fingerprint density at radius 2 is 1.56 bits per heavy atom. The van der Waals surface area contributed by atoms with Crippen molar-refractivity contribution in [3.8, 4) is 11.1 Å². The van der Waals surface area contributed by atoms with Gasteiger partial charge in [0.15, 0.2) is 0 Å². The summed E-state index contributed by atoms with van der Waals surface area (Å²) in [6.07, 6.45) is 2.26. The number of nitrogens with one attached hydrogen (secondary N) is 2. The SMILES string of the molecule is CC(C)C[C@H](NC(=O)C(NC(=O)OCC1c2ccccc2-c2ccccc21)C1CCC1)C(=O)O. The number of carbonyl (C=O) groups excluding carboxylic acids is 2. The predicted molar refractivity (Wildman–Crippen MR) is 128 cm³/mol. The maximum Gasteiger partial charge on any atom is 0.407 e. The molecule has 2 aliphatic rings. The quantitative estimate of drug-likeness (QED) is 0.513. The molecule has 2 amide bonds. The molecule has 7 nitrogen and oxygen atoms in total. The van der Waals surface area contributed by atoms with Crippen LogP contribution in [0.15, 0.2) is 48.5 Å². The number of carbonyl (C=O) groups is 3. The van der Waals surface area contributed by atoms with Gasteiger partial charge in [-0.25, -0.2) is 9.59 Å². The first-order valence-corrected chi connectivity index (χ1v) is 12.0. The van der Waals surface area contributed by atoms with Crippen LogP contribution in [0.1, 0.15) is 56.6 Å². The number of alkyl carbamates (subject to hydrolysis) is 1. The molecule has 0 bridgehead atoms. The van der Waals surface area contributed by atoms with Crippen molar-refractivity contribution < 1.29 is 24.2 Å². The monoisotopic (exact) mass is 464 g/mol. The number of rotatable bonds is 9. The van der Waals surface area contributed by atoms with E-state index < -0.39 is 30.1 Å². The van der Waals surface area contributed by atoms with Crippen LogP contribution in [0.4, 0.5) is 4.79 Å². The fourth-order valence-corrected chi connectivity index (χ4v) is 4.89. The van der Waals surface area contributed by atoms with E-state index in [9.17, 15) is 19.5 Å². The van der Waals surface area contributed by atoms with Crippen LogP contribution in [-0.4, -0.2) is 41.8 Å². The molecule has 180 valence electrons. The summed E-state index contributed by atoms with van der Waals surface area (Å²) in [6.45, 7) is 3.96. The van der Waals surface area contributed by atoms with E-state index in [0.29, 0.717) is 6.42 Å². The van der Waals surface area contributed by atoms with Gasteiger partial charge in [-0.3, -0.25) is 4.79 Å². The summed E-state index contributed by atoms with van der Waals surface area (Å²) in [4.78, 5) is 37.3. The van der Waals surface area contributed by atoms with Crippen LogP contribution < -0.4 is 10.6 Å². The van der Waals surface area contributed by atoms with E-state index in [1.807, 2.05) is 50.2 Å². The molecule has 2 atom stereocenters. The minimum absolute atomic E-state index is 0.0195. The van der Waals surface area contributed by atoms with E-state index in [-0.39, 0.29) is 24.4 Å². The van der Waals surface area contributed by atoms with Gasteiger partial charge in [0, 0.05) is 5.92 Å². The van der Waals surface area contributed by atoms with Crippen LogP contribution in [0.3, 0.4) is 0 Å². The maximum atomic E-state index is 13.0. The first-order valence-electron chi connectivity index (χ1n) is 12.0. The molecule has 2 aliphatic carbocycles. The molecule has 2 aromatic carbocycles. The Morgan fingerprint density at radius 1 is 0.971 bits per heavy atom. The highest BCUT2D eigenvalue weighted by molar-refractivity contribution is 5.89. The van der Waals surface area contributed by atoms with Gasteiger partial charge in [-0.1, -0.05) is 68.8 Å². The zero-order valence-electron chi connectivity index (χ0n) is 19.6. The third-order valence-corrected chi connectivity index (χ3v) is 6.84. The molecule has 0 aliphatic heterocycles. The Bertz CT molecular complexity index is 1020. The van der Waals surface area contributed by atoms with Crippen LogP contribution >= 0.6 is 0 Å². The number of benzene rings is 2. The van der Waals surface area contributed by atoms with Crippen molar-refractivity contribution in [3.05, 3.63) is 59.7 Å². The Morgan fingerprint density at radius 3 is 2.06 bits per heavy atom. The van der Waals surface area contributed by atoms with Crippen molar-refractivity contribution in [3.63, 3.8) is 0 Å². The Hall–Kier alpha value is -3.35. The molecule has 3 N–H and O–H groups in total. The Labute approximate surface area is 199 Å². The van der Waals surface area contributed by atoms with Crippen LogP contribution in [-0.2, 0) is 14.3 Å². The topological polar surface area (TPSA) is 105 Å². The molecular formula is C27H32N2O5. The Balaban J connectivity index is 1.41. The van der Waals surface area contributed by atoms with Gasteiger partial charge in [0.1, 0.15) is 18.7 Å². The van der Waals surface area contributed by atoms with Crippen molar-refractivity contribution in [1.82, 2.24) is 10.6 Å². The summed E-state index contributed by atoms with van der Waals surface area (Å²) in [5.41, 5.74) is 4.51. The highest BCUT2D eigenvalue weighted by Crippen LogP contribution is 2.44. The van der Waals surface area contributed by atoms with Crippen LogP contribution in [0.2, 0.25) is 0 Å². The summed E-state index contributed by atoms with van der Waals surface area (Å²) in [7, 11) is 0. The van der Waals surface area contributed by atoms with Crippen LogP contribution in [0.5, 0.6) is 0 Å². The third kappa shape index (κ3) is 5.08. The lowest BCUT2D eigenvalue weighted by Gasteiger charge is -2.33. The van der Waals surface area contributed by atoms with Gasteiger partial charge in [-0.15, -0.1) is 0 Å². The molecule has 0 spiro atoms. The van der Waals surface area contributed by atoms with Crippen molar-refractivity contribution in [2.75, 3.05) is 6.61 Å². The number of ether oxygens (including phenoxy) is 1. The fourth-order valence-electron chi connectivity index (χ4n) is 4.89. The molecule has 7 heteroatoms. The summed E-state index contributed by atoms with van der Waals surface area (Å²) in [6, 6.07) is 14.4.